The summed E-state index contributed by atoms with van der Waals surface area (Å²) in [5, 5.41) is 0. The van der Waals surface area contributed by atoms with Crippen LogP contribution in [-0.4, -0.2) is 24.8 Å². The van der Waals surface area contributed by atoms with Crippen LogP contribution < -0.4 is 9.47 Å². The van der Waals surface area contributed by atoms with Crippen LogP contribution in [0.25, 0.3) is 6.08 Å². The second-order valence-corrected chi connectivity index (χ2v) is 7.71. The molecule has 1 fully saturated rings. The SMILES string of the molecule is C=Cc1cc(I)c(OCCC(=O)OC2(C)CCCCC2)c(OCC)c1. The van der Waals surface area contributed by atoms with Crippen LogP contribution >= 0.6 is 22.6 Å². The highest BCUT2D eigenvalue weighted by molar-refractivity contribution is 14.1. The Hall–Kier alpha value is -1.24. The van der Waals surface area contributed by atoms with Gasteiger partial charge in [-0.2, -0.15) is 0 Å². The van der Waals surface area contributed by atoms with Gasteiger partial charge in [0.15, 0.2) is 11.5 Å². The molecule has 0 spiro atoms. The summed E-state index contributed by atoms with van der Waals surface area (Å²) < 4.78 is 18.1. The number of carbonyl (C=O) groups is 1. The first kappa shape index (κ1) is 20.1. The molecule has 4 nitrogen and oxygen atoms in total. The van der Waals surface area contributed by atoms with E-state index in [4.69, 9.17) is 14.2 Å². The van der Waals surface area contributed by atoms with Crippen LogP contribution in [0.15, 0.2) is 18.7 Å². The molecule has 138 valence electrons. The normalized spacial score (nSPS) is 16.1. The lowest BCUT2D eigenvalue weighted by Gasteiger charge is -2.33. The lowest BCUT2D eigenvalue weighted by Crippen LogP contribution is -2.34. The van der Waals surface area contributed by atoms with E-state index < -0.39 is 0 Å². The van der Waals surface area contributed by atoms with Crippen molar-refractivity contribution in [3.05, 3.63) is 27.8 Å². The maximum Gasteiger partial charge on any atom is 0.309 e. The van der Waals surface area contributed by atoms with E-state index in [1.165, 1.54) is 6.42 Å². The summed E-state index contributed by atoms with van der Waals surface area (Å²) in [6.07, 6.45) is 7.41. The fourth-order valence-electron chi connectivity index (χ4n) is 3.07. The standard InChI is InChI=1S/C20H27IO4/c1-4-15-13-16(21)19(17(14-15)23-5-2)24-12-9-18(22)25-20(3)10-7-6-8-11-20/h4,13-14H,1,5-12H2,2-3H3. The summed E-state index contributed by atoms with van der Waals surface area (Å²) in [6, 6.07) is 3.88. The van der Waals surface area contributed by atoms with Gasteiger partial charge in [-0.15, -0.1) is 0 Å². The number of carbonyl (C=O) groups excluding carboxylic acids is 1. The summed E-state index contributed by atoms with van der Waals surface area (Å²) >= 11 is 2.21. The number of hydrogen-bond acceptors (Lipinski definition) is 4. The predicted molar refractivity (Wildman–Crippen MR) is 108 cm³/mol. The molecule has 1 aromatic rings. The summed E-state index contributed by atoms with van der Waals surface area (Å²) in [4.78, 5) is 12.2. The molecule has 1 aliphatic rings. The van der Waals surface area contributed by atoms with Crippen molar-refractivity contribution < 1.29 is 19.0 Å². The fraction of sp³-hybridized carbons (Fsp3) is 0.550. The molecular formula is C20H27IO4. The van der Waals surface area contributed by atoms with Gasteiger partial charge in [-0.1, -0.05) is 19.1 Å². The first-order valence-corrected chi connectivity index (χ1v) is 9.99. The molecule has 5 heteroatoms. The molecule has 0 atom stereocenters. The topological polar surface area (TPSA) is 44.8 Å². The Morgan fingerprint density at radius 2 is 2.00 bits per heavy atom. The Morgan fingerprint density at radius 3 is 2.64 bits per heavy atom. The third-order valence-corrected chi connectivity index (χ3v) is 5.19. The molecule has 1 aliphatic carbocycles. The molecule has 1 saturated carbocycles. The van der Waals surface area contributed by atoms with E-state index in [-0.39, 0.29) is 24.6 Å². The number of rotatable bonds is 8. The molecule has 1 aromatic carbocycles. The third kappa shape index (κ3) is 5.90. The van der Waals surface area contributed by atoms with E-state index in [1.54, 1.807) is 6.08 Å². The van der Waals surface area contributed by atoms with Gasteiger partial charge in [0.05, 0.1) is 23.2 Å². The maximum absolute atomic E-state index is 12.2. The number of hydrogen-bond donors (Lipinski definition) is 0. The first-order chi connectivity index (χ1) is 12.0. The van der Waals surface area contributed by atoms with Gasteiger partial charge in [-0.3, -0.25) is 4.79 Å². The van der Waals surface area contributed by atoms with E-state index >= 15 is 0 Å². The lowest BCUT2D eigenvalue weighted by molar-refractivity contribution is -0.161. The van der Waals surface area contributed by atoms with Crippen molar-refractivity contribution in [3.8, 4) is 11.5 Å². The van der Waals surface area contributed by atoms with Crippen LogP contribution in [0.2, 0.25) is 0 Å². The van der Waals surface area contributed by atoms with Crippen molar-refractivity contribution in [2.24, 2.45) is 0 Å². The van der Waals surface area contributed by atoms with E-state index in [1.807, 2.05) is 26.0 Å². The van der Waals surface area contributed by atoms with Gasteiger partial charge in [-0.25, -0.2) is 0 Å². The van der Waals surface area contributed by atoms with Gasteiger partial charge < -0.3 is 14.2 Å². The van der Waals surface area contributed by atoms with Gasteiger partial charge in [-0.05, 0) is 79.8 Å². The number of halogens is 1. The van der Waals surface area contributed by atoms with E-state index in [0.717, 1.165) is 34.8 Å². The molecule has 0 radical (unpaired) electrons. The van der Waals surface area contributed by atoms with E-state index in [2.05, 4.69) is 29.2 Å². The monoisotopic (exact) mass is 458 g/mol. The van der Waals surface area contributed by atoms with Crippen molar-refractivity contribution in [1.29, 1.82) is 0 Å². The zero-order chi connectivity index (χ0) is 18.3. The Labute approximate surface area is 164 Å². The number of benzene rings is 1. The van der Waals surface area contributed by atoms with Crippen molar-refractivity contribution >= 4 is 34.6 Å². The highest BCUT2D eigenvalue weighted by Crippen LogP contribution is 2.35. The predicted octanol–water partition coefficient (Wildman–Crippen LogP) is 5.37. The Morgan fingerprint density at radius 1 is 1.28 bits per heavy atom. The Balaban J connectivity index is 1.92. The van der Waals surface area contributed by atoms with Gasteiger partial charge in [0, 0.05) is 0 Å². The molecule has 0 aromatic heterocycles. The molecule has 25 heavy (non-hydrogen) atoms. The molecule has 0 saturated heterocycles. The number of ether oxygens (including phenoxy) is 3. The minimum absolute atomic E-state index is 0.194. The molecule has 0 amide bonds. The molecule has 0 heterocycles. The molecule has 2 rings (SSSR count). The molecule has 0 unspecified atom stereocenters. The highest BCUT2D eigenvalue weighted by atomic mass is 127. The quantitative estimate of drug-likeness (QED) is 0.388. The summed E-state index contributed by atoms with van der Waals surface area (Å²) in [6.45, 7) is 8.58. The molecule has 0 N–H and O–H groups in total. The maximum atomic E-state index is 12.2. The zero-order valence-corrected chi connectivity index (χ0v) is 17.3. The van der Waals surface area contributed by atoms with Gasteiger partial charge in [0.2, 0.25) is 0 Å². The summed E-state index contributed by atoms with van der Waals surface area (Å²) in [7, 11) is 0. The zero-order valence-electron chi connectivity index (χ0n) is 15.1. The smallest absolute Gasteiger partial charge is 0.309 e. The molecular weight excluding hydrogens is 431 g/mol. The summed E-state index contributed by atoms with van der Waals surface area (Å²) in [5.74, 6) is 1.15. The lowest BCUT2D eigenvalue weighted by atomic mass is 9.86. The van der Waals surface area contributed by atoms with Crippen LogP contribution in [0.5, 0.6) is 11.5 Å². The van der Waals surface area contributed by atoms with Crippen molar-refractivity contribution in [3.63, 3.8) is 0 Å². The van der Waals surface area contributed by atoms with Crippen LogP contribution in [0, 0.1) is 3.57 Å². The van der Waals surface area contributed by atoms with Crippen molar-refractivity contribution in [2.45, 2.75) is 58.0 Å². The number of esters is 1. The second-order valence-electron chi connectivity index (χ2n) is 6.55. The largest absolute Gasteiger partial charge is 0.490 e. The van der Waals surface area contributed by atoms with Crippen LogP contribution in [-0.2, 0) is 9.53 Å². The molecule has 0 bridgehead atoms. The summed E-state index contributed by atoms with van der Waals surface area (Å²) in [5.41, 5.74) is 0.677. The molecule has 0 aliphatic heterocycles. The van der Waals surface area contributed by atoms with Crippen molar-refractivity contribution in [1.82, 2.24) is 0 Å². The average Bonchev–Trinajstić information content (AvgIpc) is 2.57. The van der Waals surface area contributed by atoms with Gasteiger partial charge >= 0.3 is 5.97 Å². The van der Waals surface area contributed by atoms with E-state index in [9.17, 15) is 4.79 Å². The minimum Gasteiger partial charge on any atom is -0.490 e. The minimum atomic E-state index is -0.300. The Kier molecular flexibility index (Phi) is 7.59. The Bertz CT molecular complexity index is 606. The highest BCUT2D eigenvalue weighted by Gasteiger charge is 2.30. The van der Waals surface area contributed by atoms with E-state index in [0.29, 0.717) is 18.1 Å². The third-order valence-electron chi connectivity index (χ3n) is 4.39. The van der Waals surface area contributed by atoms with Crippen LogP contribution in [0.3, 0.4) is 0 Å². The van der Waals surface area contributed by atoms with Crippen molar-refractivity contribution in [2.75, 3.05) is 13.2 Å². The fourth-order valence-corrected chi connectivity index (χ4v) is 3.85. The van der Waals surface area contributed by atoms with Crippen LogP contribution in [0.4, 0.5) is 0 Å². The van der Waals surface area contributed by atoms with Gasteiger partial charge in [0.1, 0.15) is 5.60 Å². The van der Waals surface area contributed by atoms with Gasteiger partial charge in [0.25, 0.3) is 0 Å². The first-order valence-electron chi connectivity index (χ1n) is 8.91. The average molecular weight is 458 g/mol. The van der Waals surface area contributed by atoms with Crippen LogP contribution in [0.1, 0.15) is 57.9 Å². The second kappa shape index (κ2) is 9.46.